The van der Waals surface area contributed by atoms with Crippen LogP contribution in [-0.2, 0) is 0 Å². The van der Waals surface area contributed by atoms with Crippen LogP contribution in [0.5, 0.6) is 0 Å². The van der Waals surface area contributed by atoms with E-state index in [2.05, 4.69) is 42.8 Å². The van der Waals surface area contributed by atoms with E-state index in [4.69, 9.17) is 0 Å². The molecule has 0 spiro atoms. The fourth-order valence-electron chi connectivity index (χ4n) is 2.31. The average Bonchev–Trinajstić information content (AvgIpc) is 2.77. The molecule has 2 heteroatoms. The van der Waals surface area contributed by atoms with Gasteiger partial charge in [-0.05, 0) is 18.8 Å². The maximum Gasteiger partial charge on any atom is 0.241 e. The smallest absolute Gasteiger partial charge is 0.241 e. The number of nitrogens with zero attached hydrogens (tertiary/aromatic N) is 1. The third-order valence-corrected chi connectivity index (χ3v) is 3.34. The molecule has 2 nitrogen and oxygen atoms in total. The zero-order valence-corrected chi connectivity index (χ0v) is 10.4. The molecule has 86 valence electrons. The normalized spacial score (nSPS) is 15.1. The summed E-state index contributed by atoms with van der Waals surface area (Å²) in [5.74, 6) is 0.891. The minimum Gasteiger partial charge on any atom is -0.250 e. The van der Waals surface area contributed by atoms with Crippen molar-refractivity contribution in [1.82, 2.24) is 4.98 Å². The summed E-state index contributed by atoms with van der Waals surface area (Å²) in [5, 5.41) is 0. The van der Waals surface area contributed by atoms with Crippen LogP contribution in [-0.4, -0.2) is 4.98 Å². The molecule has 2 atom stereocenters. The van der Waals surface area contributed by atoms with E-state index < -0.39 is 0 Å². The van der Waals surface area contributed by atoms with Gasteiger partial charge in [-0.1, -0.05) is 40.0 Å². The minimum atomic E-state index is 0.674. The van der Waals surface area contributed by atoms with Gasteiger partial charge in [0.05, 0.1) is 0 Å². The predicted molar refractivity (Wildman–Crippen MR) is 63.6 cm³/mol. The van der Waals surface area contributed by atoms with E-state index in [1.165, 1.54) is 32.1 Å². The van der Waals surface area contributed by atoms with Crippen molar-refractivity contribution in [2.24, 2.45) is 5.92 Å². The Bertz CT molecular complexity index is 241. The molecule has 1 N–H and O–H groups in total. The molecule has 0 aliphatic carbocycles. The van der Waals surface area contributed by atoms with Crippen molar-refractivity contribution in [3.05, 3.63) is 18.7 Å². The van der Waals surface area contributed by atoms with E-state index >= 15 is 0 Å². The number of hydrogen-bond donors (Lipinski definition) is 1. The first-order valence-corrected chi connectivity index (χ1v) is 6.35. The van der Waals surface area contributed by atoms with Gasteiger partial charge in [-0.3, -0.25) is 4.98 Å². The quantitative estimate of drug-likeness (QED) is 0.663. The largest absolute Gasteiger partial charge is 0.250 e. The lowest BCUT2D eigenvalue weighted by molar-refractivity contribution is -0.723. The van der Waals surface area contributed by atoms with Crippen LogP contribution in [0.1, 0.15) is 58.9 Å². The van der Waals surface area contributed by atoms with E-state index in [0.29, 0.717) is 6.04 Å². The fourth-order valence-corrected chi connectivity index (χ4v) is 2.31. The molecule has 1 aromatic rings. The summed E-state index contributed by atoms with van der Waals surface area (Å²) in [6, 6.07) is 0.674. The summed E-state index contributed by atoms with van der Waals surface area (Å²) in [4.78, 5) is 3.13. The van der Waals surface area contributed by atoms with Crippen molar-refractivity contribution >= 4 is 0 Å². The highest BCUT2D eigenvalue weighted by atomic mass is 15.0. The lowest BCUT2D eigenvalue weighted by Gasteiger charge is -2.18. The van der Waals surface area contributed by atoms with Crippen molar-refractivity contribution in [3.8, 4) is 0 Å². The zero-order chi connectivity index (χ0) is 11.1. The van der Waals surface area contributed by atoms with Crippen LogP contribution < -0.4 is 4.57 Å². The first-order chi connectivity index (χ1) is 7.31. The van der Waals surface area contributed by atoms with Gasteiger partial charge in [-0.25, -0.2) is 4.57 Å². The van der Waals surface area contributed by atoms with Crippen LogP contribution in [0, 0.1) is 5.92 Å². The SMILES string of the molecule is CCCC(CC)CC(CC)[n+]1cc[nH]c1. The second-order valence-corrected chi connectivity index (χ2v) is 4.42. The minimum absolute atomic E-state index is 0.674. The van der Waals surface area contributed by atoms with Gasteiger partial charge < -0.3 is 0 Å². The van der Waals surface area contributed by atoms with Crippen molar-refractivity contribution in [2.45, 2.75) is 58.9 Å². The molecule has 1 heterocycles. The summed E-state index contributed by atoms with van der Waals surface area (Å²) in [6.45, 7) is 6.88. The Morgan fingerprint density at radius 1 is 1.20 bits per heavy atom. The van der Waals surface area contributed by atoms with E-state index in [9.17, 15) is 0 Å². The number of nitrogens with one attached hydrogen (secondary N) is 1. The summed E-state index contributed by atoms with van der Waals surface area (Å²) in [6.07, 6.45) is 12.8. The number of H-pyrrole nitrogens is 1. The number of aromatic nitrogens is 2. The number of rotatable bonds is 7. The molecule has 1 aromatic heterocycles. The van der Waals surface area contributed by atoms with Crippen LogP contribution in [0.4, 0.5) is 0 Å². The molecule has 0 amide bonds. The first-order valence-electron chi connectivity index (χ1n) is 6.35. The standard InChI is InChI=1S/C13H24N2/c1-4-7-12(5-2)10-13(6-3)15-9-8-14-11-15/h8-9,11-13H,4-7,10H2,1-3H3/p+1. The lowest BCUT2D eigenvalue weighted by atomic mass is 9.92. The summed E-state index contributed by atoms with van der Waals surface area (Å²) in [7, 11) is 0. The molecule has 2 unspecified atom stereocenters. The topological polar surface area (TPSA) is 19.7 Å². The Hall–Kier alpha value is -0.790. The molecule has 0 aliphatic rings. The first kappa shape index (κ1) is 12.3. The molecular weight excluding hydrogens is 184 g/mol. The summed E-state index contributed by atoms with van der Waals surface area (Å²) >= 11 is 0. The monoisotopic (exact) mass is 209 g/mol. The molecule has 0 aliphatic heterocycles. The van der Waals surface area contributed by atoms with Gasteiger partial charge in [0.2, 0.25) is 6.33 Å². The van der Waals surface area contributed by atoms with Gasteiger partial charge in [0.15, 0.2) is 0 Å². The Morgan fingerprint density at radius 3 is 2.47 bits per heavy atom. The highest BCUT2D eigenvalue weighted by Gasteiger charge is 2.17. The molecule has 0 aromatic carbocycles. The predicted octanol–water partition coefficient (Wildman–Crippen LogP) is 3.47. The third-order valence-electron chi connectivity index (χ3n) is 3.34. The Balaban J connectivity index is 2.52. The third kappa shape index (κ3) is 3.69. The maximum absolute atomic E-state index is 3.13. The fraction of sp³-hybridized carbons (Fsp3) is 0.769. The molecule has 1 rings (SSSR count). The van der Waals surface area contributed by atoms with Gasteiger partial charge in [0, 0.05) is 0 Å². The van der Waals surface area contributed by atoms with Crippen molar-refractivity contribution in [3.63, 3.8) is 0 Å². The zero-order valence-electron chi connectivity index (χ0n) is 10.4. The molecule has 15 heavy (non-hydrogen) atoms. The molecule has 0 bridgehead atoms. The van der Waals surface area contributed by atoms with Crippen molar-refractivity contribution in [2.75, 3.05) is 0 Å². The highest BCUT2D eigenvalue weighted by molar-refractivity contribution is 4.64. The maximum atomic E-state index is 3.13. The molecule has 0 saturated heterocycles. The average molecular weight is 209 g/mol. The second kappa shape index (κ2) is 6.65. The van der Waals surface area contributed by atoms with Crippen LogP contribution in [0.25, 0.3) is 0 Å². The van der Waals surface area contributed by atoms with E-state index in [-0.39, 0.29) is 0 Å². The number of aromatic amines is 1. The van der Waals surface area contributed by atoms with Gasteiger partial charge in [0.25, 0.3) is 0 Å². The van der Waals surface area contributed by atoms with Crippen LogP contribution >= 0.6 is 0 Å². The Labute approximate surface area is 93.7 Å². The Kier molecular flexibility index (Phi) is 5.44. The molecule has 0 fully saturated rings. The molecule has 0 saturated carbocycles. The van der Waals surface area contributed by atoms with Gasteiger partial charge >= 0.3 is 0 Å². The molecular formula is C13H25N2+. The lowest BCUT2D eigenvalue weighted by Crippen LogP contribution is -2.37. The number of imidazole rings is 1. The highest BCUT2D eigenvalue weighted by Crippen LogP contribution is 2.22. The van der Waals surface area contributed by atoms with Crippen molar-refractivity contribution in [1.29, 1.82) is 0 Å². The van der Waals surface area contributed by atoms with Gasteiger partial charge in [0.1, 0.15) is 18.4 Å². The summed E-state index contributed by atoms with van der Waals surface area (Å²) < 4.78 is 2.32. The van der Waals surface area contributed by atoms with Crippen LogP contribution in [0.15, 0.2) is 18.7 Å². The van der Waals surface area contributed by atoms with Crippen LogP contribution in [0.3, 0.4) is 0 Å². The summed E-state index contributed by atoms with van der Waals surface area (Å²) in [5.41, 5.74) is 0. The van der Waals surface area contributed by atoms with E-state index in [1.54, 1.807) is 0 Å². The van der Waals surface area contributed by atoms with Gasteiger partial charge in [-0.2, -0.15) is 0 Å². The van der Waals surface area contributed by atoms with E-state index in [0.717, 1.165) is 5.92 Å². The second-order valence-electron chi connectivity index (χ2n) is 4.42. The van der Waals surface area contributed by atoms with E-state index in [1.807, 2.05) is 6.20 Å². The molecule has 0 radical (unpaired) electrons. The van der Waals surface area contributed by atoms with Crippen molar-refractivity contribution < 1.29 is 4.57 Å². The number of hydrogen-bond acceptors (Lipinski definition) is 0. The Morgan fingerprint density at radius 2 is 2.00 bits per heavy atom. The van der Waals surface area contributed by atoms with Crippen LogP contribution in [0.2, 0.25) is 0 Å². The van der Waals surface area contributed by atoms with Gasteiger partial charge in [-0.15, -0.1) is 0 Å².